The average molecular weight is 438 g/mol. The smallest absolute Gasteiger partial charge is 0.303 e. The Bertz CT molecular complexity index is 949. The van der Waals surface area contributed by atoms with Crippen LogP contribution in [-0.2, 0) is 9.53 Å². The number of carbonyl (C=O) groups is 1. The van der Waals surface area contributed by atoms with Crippen LogP contribution in [0, 0.1) is 17.2 Å². The molecular weight excluding hydrogens is 406 g/mol. The highest BCUT2D eigenvalue weighted by molar-refractivity contribution is 5.75. The SMILES string of the molecule is CC(C)CN(c1ccc(C(C)CC(=O)O)cc1Nc1ncc(C#N)cn1)C1CCOCC1. The van der Waals surface area contributed by atoms with E-state index in [-0.39, 0.29) is 12.3 Å². The quantitative estimate of drug-likeness (QED) is 0.597. The van der Waals surface area contributed by atoms with Crippen LogP contribution in [-0.4, -0.2) is 46.8 Å². The van der Waals surface area contributed by atoms with Crippen molar-refractivity contribution in [2.75, 3.05) is 30.0 Å². The van der Waals surface area contributed by atoms with E-state index in [1.54, 1.807) is 0 Å². The van der Waals surface area contributed by atoms with Gasteiger partial charge < -0.3 is 20.1 Å². The minimum atomic E-state index is -0.824. The van der Waals surface area contributed by atoms with Gasteiger partial charge in [0.05, 0.1) is 35.8 Å². The van der Waals surface area contributed by atoms with Crippen LogP contribution >= 0.6 is 0 Å². The van der Waals surface area contributed by atoms with E-state index in [4.69, 9.17) is 10.00 Å². The van der Waals surface area contributed by atoms with Crippen LogP contribution in [0.1, 0.15) is 57.1 Å². The first-order chi connectivity index (χ1) is 15.4. The maximum Gasteiger partial charge on any atom is 0.303 e. The molecule has 2 aromatic rings. The van der Waals surface area contributed by atoms with Gasteiger partial charge in [-0.1, -0.05) is 26.8 Å². The number of carboxylic acids is 1. The summed E-state index contributed by atoms with van der Waals surface area (Å²) >= 11 is 0. The van der Waals surface area contributed by atoms with Crippen molar-refractivity contribution in [2.24, 2.45) is 5.92 Å². The minimum Gasteiger partial charge on any atom is -0.481 e. The molecule has 0 amide bonds. The first-order valence-corrected chi connectivity index (χ1v) is 11.1. The second-order valence-electron chi connectivity index (χ2n) is 8.70. The Kier molecular flexibility index (Phi) is 8.01. The van der Waals surface area contributed by atoms with E-state index in [9.17, 15) is 9.90 Å². The molecule has 32 heavy (non-hydrogen) atoms. The van der Waals surface area contributed by atoms with Crippen LogP contribution in [0.2, 0.25) is 0 Å². The molecule has 0 saturated carbocycles. The van der Waals surface area contributed by atoms with Crippen molar-refractivity contribution in [2.45, 2.75) is 52.0 Å². The van der Waals surface area contributed by atoms with Crippen molar-refractivity contribution in [3.05, 3.63) is 41.7 Å². The first-order valence-electron chi connectivity index (χ1n) is 11.1. The van der Waals surface area contributed by atoms with Crippen molar-refractivity contribution in [3.8, 4) is 6.07 Å². The zero-order chi connectivity index (χ0) is 23.1. The largest absolute Gasteiger partial charge is 0.481 e. The number of anilines is 3. The third-order valence-electron chi connectivity index (χ3n) is 5.60. The van der Waals surface area contributed by atoms with E-state index in [0.717, 1.165) is 49.5 Å². The number of hydrogen-bond acceptors (Lipinski definition) is 7. The number of aliphatic carboxylic acids is 1. The molecule has 1 aromatic heterocycles. The number of aromatic nitrogens is 2. The summed E-state index contributed by atoms with van der Waals surface area (Å²) in [6.07, 6.45) is 4.93. The fourth-order valence-corrected chi connectivity index (χ4v) is 4.00. The molecule has 0 aliphatic carbocycles. The molecule has 1 saturated heterocycles. The van der Waals surface area contributed by atoms with Crippen LogP contribution in [0.3, 0.4) is 0 Å². The highest BCUT2D eigenvalue weighted by atomic mass is 16.5. The van der Waals surface area contributed by atoms with Gasteiger partial charge in [0.25, 0.3) is 0 Å². The molecule has 1 aromatic carbocycles. The van der Waals surface area contributed by atoms with Crippen LogP contribution in [0.15, 0.2) is 30.6 Å². The zero-order valence-corrected chi connectivity index (χ0v) is 18.9. The molecule has 0 bridgehead atoms. The molecule has 8 nitrogen and oxygen atoms in total. The second kappa shape index (κ2) is 10.9. The predicted octanol–water partition coefficient (Wildman–Crippen LogP) is 4.31. The fraction of sp³-hybridized carbons (Fsp3) is 0.500. The number of nitriles is 1. The van der Waals surface area contributed by atoms with Gasteiger partial charge in [-0.15, -0.1) is 0 Å². The standard InChI is InChI=1S/C24H31N5O3/c1-16(2)15-29(20-6-8-32-9-7-20)22-5-4-19(17(3)10-23(30)31)11-21(22)28-24-26-13-18(12-25)14-27-24/h4-5,11,13-14,16-17,20H,6-10,15H2,1-3H3,(H,30,31)(H,26,27,28). The van der Waals surface area contributed by atoms with Crippen molar-refractivity contribution in [1.29, 1.82) is 5.26 Å². The Balaban J connectivity index is 2.00. The number of benzene rings is 1. The highest BCUT2D eigenvalue weighted by Crippen LogP contribution is 2.35. The lowest BCUT2D eigenvalue weighted by Gasteiger charge is -2.38. The van der Waals surface area contributed by atoms with Crippen LogP contribution in [0.25, 0.3) is 0 Å². The van der Waals surface area contributed by atoms with Gasteiger partial charge in [0.2, 0.25) is 5.95 Å². The van der Waals surface area contributed by atoms with Crippen molar-refractivity contribution >= 4 is 23.3 Å². The average Bonchev–Trinajstić information content (AvgIpc) is 2.78. The van der Waals surface area contributed by atoms with Crippen LogP contribution in [0.5, 0.6) is 0 Å². The molecular formula is C24H31N5O3. The van der Waals surface area contributed by atoms with Gasteiger partial charge in [0.15, 0.2) is 0 Å². The molecule has 170 valence electrons. The molecule has 0 spiro atoms. The summed E-state index contributed by atoms with van der Waals surface area (Å²) in [6, 6.07) is 8.46. The molecule has 1 fully saturated rings. The topological polar surface area (TPSA) is 111 Å². The number of hydrogen-bond donors (Lipinski definition) is 2. The molecule has 8 heteroatoms. The lowest BCUT2D eigenvalue weighted by molar-refractivity contribution is -0.137. The lowest BCUT2D eigenvalue weighted by Crippen LogP contribution is -2.42. The van der Waals surface area contributed by atoms with Gasteiger partial charge in [-0.3, -0.25) is 4.79 Å². The van der Waals surface area contributed by atoms with Gasteiger partial charge in [-0.2, -0.15) is 5.26 Å². The zero-order valence-electron chi connectivity index (χ0n) is 18.9. The number of nitrogens with one attached hydrogen (secondary N) is 1. The third kappa shape index (κ3) is 6.17. The maximum absolute atomic E-state index is 11.2. The van der Waals surface area contributed by atoms with Crippen LogP contribution in [0.4, 0.5) is 17.3 Å². The fourth-order valence-electron chi connectivity index (χ4n) is 4.00. The van der Waals surface area contributed by atoms with E-state index < -0.39 is 5.97 Å². The van der Waals surface area contributed by atoms with Gasteiger partial charge in [0.1, 0.15) is 6.07 Å². The minimum absolute atomic E-state index is 0.0574. The van der Waals surface area contributed by atoms with Gasteiger partial charge >= 0.3 is 5.97 Å². The molecule has 0 radical (unpaired) electrons. The van der Waals surface area contributed by atoms with Crippen molar-refractivity contribution in [3.63, 3.8) is 0 Å². The third-order valence-corrected chi connectivity index (χ3v) is 5.60. The molecule has 1 aliphatic heterocycles. The highest BCUT2D eigenvalue weighted by Gasteiger charge is 2.25. The van der Waals surface area contributed by atoms with E-state index in [1.165, 1.54) is 12.4 Å². The Morgan fingerprint density at radius 1 is 1.28 bits per heavy atom. The van der Waals surface area contributed by atoms with Gasteiger partial charge in [-0.05, 0) is 42.4 Å². The van der Waals surface area contributed by atoms with Crippen LogP contribution < -0.4 is 10.2 Å². The summed E-state index contributed by atoms with van der Waals surface area (Å²) in [5, 5.41) is 21.6. The second-order valence-corrected chi connectivity index (χ2v) is 8.70. The lowest BCUT2D eigenvalue weighted by atomic mass is 9.95. The van der Waals surface area contributed by atoms with E-state index in [1.807, 2.05) is 25.1 Å². The van der Waals surface area contributed by atoms with Gasteiger partial charge in [0, 0.05) is 25.8 Å². The predicted molar refractivity (Wildman–Crippen MR) is 123 cm³/mol. The number of ether oxygens (including phenoxy) is 1. The maximum atomic E-state index is 11.2. The molecule has 1 unspecified atom stereocenters. The Labute approximate surface area is 189 Å². The Morgan fingerprint density at radius 2 is 1.97 bits per heavy atom. The molecule has 2 heterocycles. The number of nitrogens with zero attached hydrogens (tertiary/aromatic N) is 4. The molecule has 3 rings (SSSR count). The van der Waals surface area contributed by atoms with E-state index >= 15 is 0 Å². The summed E-state index contributed by atoms with van der Waals surface area (Å²) < 4.78 is 5.58. The Morgan fingerprint density at radius 3 is 2.56 bits per heavy atom. The summed E-state index contributed by atoms with van der Waals surface area (Å²) in [4.78, 5) is 22.2. The van der Waals surface area contributed by atoms with Crippen molar-refractivity contribution < 1.29 is 14.6 Å². The Hall–Kier alpha value is -3.18. The normalized spacial score (nSPS) is 15.2. The molecule has 1 atom stereocenters. The summed E-state index contributed by atoms with van der Waals surface area (Å²) in [7, 11) is 0. The van der Waals surface area contributed by atoms with Crippen molar-refractivity contribution in [1.82, 2.24) is 9.97 Å². The number of carboxylic acid groups (broad SMARTS) is 1. The van der Waals surface area contributed by atoms with E-state index in [0.29, 0.717) is 23.5 Å². The summed E-state index contributed by atoms with van der Waals surface area (Å²) in [6.45, 7) is 8.69. The monoisotopic (exact) mass is 437 g/mol. The molecule has 1 aliphatic rings. The van der Waals surface area contributed by atoms with E-state index in [2.05, 4.69) is 40.1 Å². The molecule has 2 N–H and O–H groups in total. The van der Waals surface area contributed by atoms with Gasteiger partial charge in [-0.25, -0.2) is 9.97 Å². The summed E-state index contributed by atoms with van der Waals surface area (Å²) in [5.74, 6) is -0.104. The number of rotatable bonds is 9. The summed E-state index contributed by atoms with van der Waals surface area (Å²) in [5.41, 5.74) is 3.19. The first kappa shape index (κ1) is 23.5.